The van der Waals surface area contributed by atoms with Crippen molar-refractivity contribution in [2.75, 3.05) is 13.8 Å². The Bertz CT molecular complexity index is 648. The molecule has 0 aliphatic carbocycles. The number of benzene rings is 1. The largest absolute Gasteiger partial charge is 0.496 e. The number of alkyl halides is 3. The van der Waals surface area contributed by atoms with E-state index in [1.165, 1.54) is 7.11 Å². The van der Waals surface area contributed by atoms with Crippen LogP contribution in [0, 0.1) is 6.92 Å². The van der Waals surface area contributed by atoms with Gasteiger partial charge in [-0.15, -0.1) is 0 Å². The molecule has 0 saturated carbocycles. The summed E-state index contributed by atoms with van der Waals surface area (Å²) in [4.78, 5) is 8.43. The quantitative estimate of drug-likeness (QED) is 0.808. The summed E-state index contributed by atoms with van der Waals surface area (Å²) < 4.78 is 45.1. The molecule has 2 rings (SSSR count). The number of hydrogen-bond acceptors (Lipinski definition) is 3. The molecule has 2 aromatic rings. The van der Waals surface area contributed by atoms with Crippen LogP contribution in [0.15, 0.2) is 16.6 Å². The van der Waals surface area contributed by atoms with E-state index in [1.807, 2.05) is 0 Å². The van der Waals surface area contributed by atoms with Crippen LogP contribution >= 0.6 is 15.9 Å². The molecule has 0 aliphatic rings. The Kier molecular flexibility index (Phi) is 5.03. The summed E-state index contributed by atoms with van der Waals surface area (Å²) in [7, 11) is 1.47. The lowest BCUT2D eigenvalue weighted by Crippen LogP contribution is -2.22. The number of aryl methyl sites for hydroxylation is 1. The molecular weight excluding hydrogens is 349 g/mol. The molecule has 7 heteroatoms. The van der Waals surface area contributed by atoms with E-state index in [2.05, 4.69) is 25.9 Å². The van der Waals surface area contributed by atoms with Gasteiger partial charge in [-0.2, -0.15) is 0 Å². The van der Waals surface area contributed by atoms with Crippen molar-refractivity contribution in [2.24, 2.45) is 0 Å². The van der Waals surface area contributed by atoms with Crippen molar-refractivity contribution >= 4 is 26.8 Å². The molecule has 114 valence electrons. The number of fused-ring (bicyclic) bond motifs is 1. The summed E-state index contributed by atoms with van der Waals surface area (Å²) in [6.45, 7) is 0.303. The van der Waals surface area contributed by atoms with E-state index in [1.54, 1.807) is 19.1 Å². The van der Waals surface area contributed by atoms with Crippen LogP contribution < -0.4 is 4.74 Å². The molecule has 3 nitrogen and oxygen atoms in total. The van der Waals surface area contributed by atoms with Gasteiger partial charge >= 0.3 is 0 Å². The van der Waals surface area contributed by atoms with Gasteiger partial charge in [0.1, 0.15) is 24.4 Å². The third kappa shape index (κ3) is 3.45. The normalized spacial score (nSPS) is 14.2. The minimum absolute atomic E-state index is 0.311. The highest BCUT2D eigenvalue weighted by molar-refractivity contribution is 9.10. The molecular formula is C14H14BrF3N2O. The van der Waals surface area contributed by atoms with Gasteiger partial charge in [0.05, 0.1) is 23.7 Å². The van der Waals surface area contributed by atoms with Crippen LogP contribution in [0.4, 0.5) is 13.2 Å². The van der Waals surface area contributed by atoms with Gasteiger partial charge in [-0.1, -0.05) is 15.9 Å². The third-order valence-electron chi connectivity index (χ3n) is 3.06. The van der Waals surface area contributed by atoms with Crippen LogP contribution in [0.1, 0.15) is 11.5 Å². The fourth-order valence-electron chi connectivity index (χ4n) is 2.11. The van der Waals surface area contributed by atoms with Crippen molar-refractivity contribution in [1.29, 1.82) is 0 Å². The molecule has 0 aliphatic heterocycles. The molecule has 0 saturated heterocycles. The zero-order valence-corrected chi connectivity index (χ0v) is 13.1. The number of aromatic nitrogens is 2. The lowest BCUT2D eigenvalue weighted by molar-refractivity contribution is 0.136. The standard InChI is InChI=1S/C14H14BrF3N2O/c1-7-19-11-3-8(15)4-13(21-2)14(11)12(20-7)5-9(17)10(18)6-16/h3-4,9-10H,5-6H2,1-2H3. The molecule has 1 aromatic carbocycles. The minimum Gasteiger partial charge on any atom is -0.496 e. The molecule has 2 unspecified atom stereocenters. The molecule has 1 aromatic heterocycles. The minimum atomic E-state index is -2.16. The molecule has 0 radical (unpaired) electrons. The zero-order valence-electron chi connectivity index (χ0n) is 11.5. The molecule has 21 heavy (non-hydrogen) atoms. The van der Waals surface area contributed by atoms with Crippen molar-refractivity contribution in [3.05, 3.63) is 28.1 Å². The van der Waals surface area contributed by atoms with Crippen molar-refractivity contribution in [1.82, 2.24) is 9.97 Å². The highest BCUT2D eigenvalue weighted by Gasteiger charge is 2.24. The third-order valence-corrected chi connectivity index (χ3v) is 3.52. The first kappa shape index (κ1) is 16.0. The van der Waals surface area contributed by atoms with E-state index in [9.17, 15) is 13.2 Å². The fraction of sp³-hybridized carbons (Fsp3) is 0.429. The number of hydrogen-bond donors (Lipinski definition) is 0. The van der Waals surface area contributed by atoms with Crippen molar-refractivity contribution in [3.63, 3.8) is 0 Å². The average molecular weight is 363 g/mol. The number of rotatable bonds is 5. The molecule has 2 atom stereocenters. The number of ether oxygens (including phenoxy) is 1. The van der Waals surface area contributed by atoms with Crippen LogP contribution in [0.2, 0.25) is 0 Å². The molecule has 0 bridgehead atoms. The van der Waals surface area contributed by atoms with E-state index in [4.69, 9.17) is 4.74 Å². The van der Waals surface area contributed by atoms with E-state index in [0.29, 0.717) is 28.2 Å². The van der Waals surface area contributed by atoms with E-state index in [0.717, 1.165) is 4.47 Å². The lowest BCUT2D eigenvalue weighted by Gasteiger charge is -2.14. The van der Waals surface area contributed by atoms with Gasteiger partial charge in [0.15, 0.2) is 6.17 Å². The highest BCUT2D eigenvalue weighted by Crippen LogP contribution is 2.32. The number of methoxy groups -OCH3 is 1. The first-order chi connectivity index (χ1) is 9.96. The summed E-state index contributed by atoms with van der Waals surface area (Å²) in [5, 5.41) is 0.514. The number of nitrogens with zero attached hydrogens (tertiary/aromatic N) is 2. The second kappa shape index (κ2) is 6.60. The Balaban J connectivity index is 2.56. The SMILES string of the molecule is COc1cc(Br)cc2nc(C)nc(CC(F)C(F)CF)c12. The monoisotopic (exact) mass is 362 g/mol. The van der Waals surface area contributed by atoms with Gasteiger partial charge in [-0.3, -0.25) is 0 Å². The van der Waals surface area contributed by atoms with Crippen LogP contribution in [-0.4, -0.2) is 36.1 Å². The average Bonchev–Trinajstić information content (AvgIpc) is 2.44. The van der Waals surface area contributed by atoms with Crippen molar-refractivity contribution in [3.8, 4) is 5.75 Å². The maximum atomic E-state index is 13.7. The molecule has 0 amide bonds. The Hall–Kier alpha value is -1.37. The summed E-state index contributed by atoms with van der Waals surface area (Å²) in [5.74, 6) is 0.887. The highest BCUT2D eigenvalue weighted by atomic mass is 79.9. The van der Waals surface area contributed by atoms with E-state index in [-0.39, 0.29) is 6.42 Å². The van der Waals surface area contributed by atoms with Gasteiger partial charge in [-0.25, -0.2) is 23.1 Å². The maximum absolute atomic E-state index is 13.7. The molecule has 0 N–H and O–H groups in total. The first-order valence-corrected chi connectivity index (χ1v) is 7.10. The van der Waals surface area contributed by atoms with Crippen molar-refractivity contribution in [2.45, 2.75) is 25.7 Å². The summed E-state index contributed by atoms with van der Waals surface area (Å²) in [6.07, 6.45) is -4.44. The fourth-order valence-corrected chi connectivity index (χ4v) is 2.54. The second-order valence-corrected chi connectivity index (χ2v) is 5.53. The Morgan fingerprint density at radius 2 is 1.95 bits per heavy atom. The van der Waals surface area contributed by atoms with Crippen LogP contribution in [0.5, 0.6) is 5.75 Å². The van der Waals surface area contributed by atoms with Gasteiger partial charge in [-0.05, 0) is 19.1 Å². The predicted octanol–water partition coefficient (Wildman–Crippen LogP) is 3.90. The molecule has 0 fully saturated rings. The Morgan fingerprint density at radius 1 is 1.24 bits per heavy atom. The van der Waals surface area contributed by atoms with E-state index < -0.39 is 19.0 Å². The summed E-state index contributed by atoms with van der Waals surface area (Å²) in [6, 6.07) is 3.44. The van der Waals surface area contributed by atoms with Crippen LogP contribution in [0.3, 0.4) is 0 Å². The Morgan fingerprint density at radius 3 is 2.57 bits per heavy atom. The molecule has 1 heterocycles. The van der Waals surface area contributed by atoms with Crippen LogP contribution in [0.25, 0.3) is 10.9 Å². The lowest BCUT2D eigenvalue weighted by atomic mass is 10.1. The summed E-state index contributed by atoms with van der Waals surface area (Å²) in [5.41, 5.74) is 0.872. The maximum Gasteiger partial charge on any atom is 0.160 e. The smallest absolute Gasteiger partial charge is 0.160 e. The second-order valence-electron chi connectivity index (χ2n) is 4.61. The van der Waals surface area contributed by atoms with Crippen molar-refractivity contribution < 1.29 is 17.9 Å². The van der Waals surface area contributed by atoms with E-state index >= 15 is 0 Å². The Labute approximate surface area is 128 Å². The molecule has 0 spiro atoms. The van der Waals surface area contributed by atoms with Gasteiger partial charge < -0.3 is 4.74 Å². The first-order valence-electron chi connectivity index (χ1n) is 6.31. The number of halogens is 4. The van der Waals surface area contributed by atoms with Gasteiger partial charge in [0.2, 0.25) is 0 Å². The van der Waals surface area contributed by atoms with Gasteiger partial charge in [0, 0.05) is 10.9 Å². The topological polar surface area (TPSA) is 35.0 Å². The zero-order chi connectivity index (χ0) is 15.6. The van der Waals surface area contributed by atoms with Crippen LogP contribution in [-0.2, 0) is 6.42 Å². The summed E-state index contributed by atoms with van der Waals surface area (Å²) >= 11 is 3.33. The predicted molar refractivity (Wildman–Crippen MR) is 78.0 cm³/mol. The van der Waals surface area contributed by atoms with Gasteiger partial charge in [0.25, 0.3) is 0 Å².